The first-order chi connectivity index (χ1) is 11.0. The number of phenols is 1. The van der Waals surface area contributed by atoms with Crippen LogP contribution in [0.25, 0.3) is 0 Å². The van der Waals surface area contributed by atoms with Crippen LogP contribution in [0.1, 0.15) is 63.0 Å². The fraction of sp³-hybridized carbons (Fsp3) is 0.650. The van der Waals surface area contributed by atoms with Gasteiger partial charge in [-0.05, 0) is 23.0 Å². The molecule has 0 atom stereocenters. The summed E-state index contributed by atoms with van der Waals surface area (Å²) in [6, 6.07) is 3.74. The number of rotatable bonds is 3. The number of aromatic hydroxyl groups is 1. The van der Waals surface area contributed by atoms with E-state index in [9.17, 15) is 9.90 Å². The molecule has 1 heterocycles. The molecule has 1 aliphatic rings. The summed E-state index contributed by atoms with van der Waals surface area (Å²) >= 11 is 0. The largest absolute Gasteiger partial charge is 0.507 e. The molecule has 24 heavy (non-hydrogen) atoms. The van der Waals surface area contributed by atoms with Crippen molar-refractivity contribution in [2.24, 2.45) is 0 Å². The van der Waals surface area contributed by atoms with Crippen molar-refractivity contribution in [3.05, 3.63) is 28.8 Å². The maximum Gasteiger partial charge on any atom is 0.176 e. The number of hydrogen-bond donors (Lipinski definition) is 1. The number of hydrogen-bond acceptors (Lipinski definition) is 4. The Morgan fingerprint density at radius 1 is 1.04 bits per heavy atom. The van der Waals surface area contributed by atoms with Gasteiger partial charge >= 0.3 is 0 Å². The molecule has 0 aromatic heterocycles. The summed E-state index contributed by atoms with van der Waals surface area (Å²) in [5.74, 6) is 0.422. The minimum atomic E-state index is -0.223. The van der Waals surface area contributed by atoms with Gasteiger partial charge in [0, 0.05) is 29.8 Å². The van der Waals surface area contributed by atoms with Gasteiger partial charge in [0.1, 0.15) is 5.75 Å². The number of carbonyl (C=O) groups excluding carboxylic acids is 1. The molecule has 4 nitrogen and oxygen atoms in total. The van der Waals surface area contributed by atoms with Crippen molar-refractivity contribution in [2.45, 2.75) is 52.4 Å². The molecule has 4 heteroatoms. The lowest BCUT2D eigenvalue weighted by molar-refractivity contribution is 0.0371. The number of Topliss-reactive ketones (excluding diaryl/α,β-unsaturated/α-hetero) is 1. The summed E-state index contributed by atoms with van der Waals surface area (Å²) in [6.07, 6.45) is 0. The molecule has 0 amide bonds. The average molecular weight is 333 g/mol. The normalized spacial score (nSPS) is 17.1. The summed E-state index contributed by atoms with van der Waals surface area (Å²) < 4.78 is 5.34. The minimum Gasteiger partial charge on any atom is -0.507 e. The molecule has 2 rings (SSSR count). The van der Waals surface area contributed by atoms with E-state index in [4.69, 9.17) is 4.74 Å². The monoisotopic (exact) mass is 333 g/mol. The number of nitrogens with zero attached hydrogens (tertiary/aromatic N) is 1. The average Bonchev–Trinajstić information content (AvgIpc) is 2.46. The van der Waals surface area contributed by atoms with Gasteiger partial charge in [-0.2, -0.15) is 0 Å². The third kappa shape index (κ3) is 4.37. The highest BCUT2D eigenvalue weighted by Gasteiger charge is 2.28. The summed E-state index contributed by atoms with van der Waals surface area (Å²) in [6.45, 7) is 15.7. The van der Waals surface area contributed by atoms with Crippen LogP contribution in [-0.2, 0) is 15.6 Å². The van der Waals surface area contributed by atoms with Gasteiger partial charge < -0.3 is 9.84 Å². The van der Waals surface area contributed by atoms with Gasteiger partial charge in [0.25, 0.3) is 0 Å². The number of ether oxygens (including phenoxy) is 1. The van der Waals surface area contributed by atoms with Crippen molar-refractivity contribution in [3.8, 4) is 5.75 Å². The van der Waals surface area contributed by atoms with Crippen molar-refractivity contribution in [2.75, 3.05) is 32.8 Å². The maximum absolute atomic E-state index is 12.8. The van der Waals surface area contributed by atoms with E-state index in [2.05, 4.69) is 46.4 Å². The number of morpholine rings is 1. The molecule has 0 radical (unpaired) electrons. The van der Waals surface area contributed by atoms with E-state index < -0.39 is 0 Å². The Morgan fingerprint density at radius 2 is 1.50 bits per heavy atom. The van der Waals surface area contributed by atoms with Crippen molar-refractivity contribution in [1.82, 2.24) is 4.90 Å². The lowest BCUT2D eigenvalue weighted by atomic mass is 9.78. The highest BCUT2D eigenvalue weighted by atomic mass is 16.5. The zero-order valence-corrected chi connectivity index (χ0v) is 15.9. The Hall–Kier alpha value is -1.39. The van der Waals surface area contributed by atoms with E-state index >= 15 is 0 Å². The molecule has 1 saturated heterocycles. The molecule has 0 unspecified atom stereocenters. The third-order valence-corrected chi connectivity index (χ3v) is 4.52. The predicted octanol–water partition coefficient (Wildman–Crippen LogP) is 3.50. The van der Waals surface area contributed by atoms with Crippen molar-refractivity contribution < 1.29 is 14.6 Å². The zero-order valence-electron chi connectivity index (χ0n) is 15.9. The predicted molar refractivity (Wildman–Crippen MR) is 97.1 cm³/mol. The van der Waals surface area contributed by atoms with Crippen LogP contribution < -0.4 is 0 Å². The Kier molecular flexibility index (Phi) is 5.41. The fourth-order valence-corrected chi connectivity index (χ4v) is 2.99. The van der Waals surface area contributed by atoms with E-state index in [1.807, 2.05) is 12.1 Å². The van der Waals surface area contributed by atoms with Crippen LogP contribution in [0.3, 0.4) is 0 Å². The number of benzene rings is 1. The fourth-order valence-electron chi connectivity index (χ4n) is 2.99. The Morgan fingerprint density at radius 3 is 1.92 bits per heavy atom. The van der Waals surface area contributed by atoms with Gasteiger partial charge in [-0.15, -0.1) is 0 Å². The Balaban J connectivity index is 2.40. The van der Waals surface area contributed by atoms with Crippen LogP contribution in [0.5, 0.6) is 5.75 Å². The lowest BCUT2D eigenvalue weighted by Crippen LogP contribution is -2.39. The Labute approximate surface area is 145 Å². The first-order valence-electron chi connectivity index (χ1n) is 8.71. The zero-order chi connectivity index (χ0) is 18.1. The molecule has 1 aliphatic heterocycles. The van der Waals surface area contributed by atoms with Gasteiger partial charge in [-0.1, -0.05) is 41.5 Å². The summed E-state index contributed by atoms with van der Waals surface area (Å²) in [4.78, 5) is 14.9. The van der Waals surface area contributed by atoms with Crippen LogP contribution in [0.4, 0.5) is 0 Å². The van der Waals surface area contributed by atoms with E-state index in [0.29, 0.717) is 31.1 Å². The molecule has 0 spiro atoms. The molecule has 1 aromatic carbocycles. The maximum atomic E-state index is 12.8. The van der Waals surface area contributed by atoms with Gasteiger partial charge in [-0.3, -0.25) is 9.69 Å². The SMILES string of the molecule is CC(C)(C)c1cc(C(=O)CN2CCOCC2)cc(C(C)(C)C)c1O. The first kappa shape index (κ1) is 18.9. The van der Waals surface area contributed by atoms with Gasteiger partial charge in [0.05, 0.1) is 19.8 Å². The third-order valence-electron chi connectivity index (χ3n) is 4.52. The number of carbonyl (C=O) groups is 1. The van der Waals surface area contributed by atoms with Gasteiger partial charge in [0.15, 0.2) is 5.78 Å². The second kappa shape index (κ2) is 6.85. The smallest absolute Gasteiger partial charge is 0.176 e. The van der Waals surface area contributed by atoms with E-state index in [0.717, 1.165) is 24.2 Å². The quantitative estimate of drug-likeness (QED) is 0.860. The molecule has 0 saturated carbocycles. The topological polar surface area (TPSA) is 49.8 Å². The second-order valence-corrected chi connectivity index (χ2v) is 8.73. The Bertz CT molecular complexity index is 567. The van der Waals surface area contributed by atoms with E-state index in [1.165, 1.54) is 0 Å². The standard InChI is InChI=1S/C20H31NO3/c1-19(2,3)15-11-14(12-16(18(15)23)20(4,5)6)17(22)13-21-7-9-24-10-8-21/h11-12,23H,7-10,13H2,1-6H3. The van der Waals surface area contributed by atoms with Crippen LogP contribution in [-0.4, -0.2) is 48.6 Å². The highest BCUT2D eigenvalue weighted by Crippen LogP contribution is 2.39. The number of ketones is 1. The van der Waals surface area contributed by atoms with E-state index in [-0.39, 0.29) is 16.6 Å². The molecule has 1 aromatic rings. The van der Waals surface area contributed by atoms with Crippen LogP contribution >= 0.6 is 0 Å². The molecule has 1 N–H and O–H groups in total. The van der Waals surface area contributed by atoms with Gasteiger partial charge in [0.2, 0.25) is 0 Å². The molecule has 0 bridgehead atoms. The van der Waals surface area contributed by atoms with Crippen LogP contribution in [0.2, 0.25) is 0 Å². The van der Waals surface area contributed by atoms with Crippen LogP contribution in [0, 0.1) is 0 Å². The number of phenolic OH excluding ortho intramolecular Hbond substituents is 1. The molecular formula is C20H31NO3. The second-order valence-electron chi connectivity index (χ2n) is 8.73. The molecule has 0 aliphatic carbocycles. The van der Waals surface area contributed by atoms with Crippen LogP contribution in [0.15, 0.2) is 12.1 Å². The van der Waals surface area contributed by atoms with E-state index in [1.54, 1.807) is 0 Å². The van der Waals surface area contributed by atoms with Crippen molar-refractivity contribution >= 4 is 5.78 Å². The molecular weight excluding hydrogens is 302 g/mol. The summed E-state index contributed by atoms with van der Waals surface area (Å²) in [7, 11) is 0. The first-order valence-corrected chi connectivity index (χ1v) is 8.71. The lowest BCUT2D eigenvalue weighted by Gasteiger charge is -2.29. The summed E-state index contributed by atoms with van der Waals surface area (Å²) in [5.41, 5.74) is 1.91. The summed E-state index contributed by atoms with van der Waals surface area (Å²) in [5, 5.41) is 10.7. The minimum absolute atomic E-state index is 0.105. The van der Waals surface area contributed by atoms with Crippen molar-refractivity contribution in [1.29, 1.82) is 0 Å². The van der Waals surface area contributed by atoms with Gasteiger partial charge in [-0.25, -0.2) is 0 Å². The molecule has 1 fully saturated rings. The molecule has 134 valence electrons. The highest BCUT2D eigenvalue weighted by molar-refractivity contribution is 5.98. The van der Waals surface area contributed by atoms with Crippen molar-refractivity contribution in [3.63, 3.8) is 0 Å².